The van der Waals surface area contributed by atoms with Gasteiger partial charge in [-0.1, -0.05) is 80.9 Å². The number of benzene rings is 2. The Hall–Kier alpha value is -2.42. The van der Waals surface area contributed by atoms with Crippen LogP contribution in [-0.4, -0.2) is 27.0 Å². The zero-order valence-electron chi connectivity index (χ0n) is 18.8. The summed E-state index contributed by atoms with van der Waals surface area (Å²) >= 11 is 7.73. The van der Waals surface area contributed by atoms with Crippen molar-refractivity contribution in [1.82, 2.24) is 19.8 Å². The fourth-order valence-corrected chi connectivity index (χ4v) is 4.00. The molecular formula is C23H29ClN5O2S+. The van der Waals surface area contributed by atoms with E-state index >= 15 is 0 Å². The maximum atomic E-state index is 12.7. The summed E-state index contributed by atoms with van der Waals surface area (Å²) in [6.07, 6.45) is 0. The van der Waals surface area contributed by atoms with Crippen LogP contribution in [0.3, 0.4) is 0 Å². The summed E-state index contributed by atoms with van der Waals surface area (Å²) < 4.78 is 9.44. The van der Waals surface area contributed by atoms with E-state index in [-0.39, 0.29) is 12.5 Å². The Morgan fingerprint density at radius 1 is 1.19 bits per heavy atom. The van der Waals surface area contributed by atoms with Crippen LogP contribution in [0.5, 0.6) is 0 Å². The average molecular weight is 475 g/mol. The SMILES string of the molecule is C[n+]1c([C@@H](COCc2ccccc2)NC(=O)C(C)(C)C)nnn1SCc1ccccc1Cl. The molecule has 0 radical (unpaired) electrons. The molecule has 32 heavy (non-hydrogen) atoms. The number of nitrogens with one attached hydrogen (secondary N) is 1. The summed E-state index contributed by atoms with van der Waals surface area (Å²) in [5, 5.41) is 12.4. The van der Waals surface area contributed by atoms with Crippen LogP contribution in [0.4, 0.5) is 0 Å². The molecule has 1 amide bonds. The highest BCUT2D eigenvalue weighted by Gasteiger charge is 2.32. The van der Waals surface area contributed by atoms with E-state index in [0.717, 1.165) is 11.1 Å². The Bertz CT molecular complexity index is 1040. The van der Waals surface area contributed by atoms with Gasteiger partial charge in [0.25, 0.3) is 0 Å². The molecule has 9 heteroatoms. The first-order valence-corrected chi connectivity index (χ1v) is 11.7. The van der Waals surface area contributed by atoms with Gasteiger partial charge in [-0.2, -0.15) is 4.68 Å². The van der Waals surface area contributed by atoms with E-state index in [1.165, 1.54) is 11.9 Å². The molecule has 3 aromatic rings. The number of hydrogen-bond donors (Lipinski definition) is 1. The Morgan fingerprint density at radius 3 is 2.56 bits per heavy atom. The van der Waals surface area contributed by atoms with Gasteiger partial charge in [-0.3, -0.25) is 4.79 Å². The van der Waals surface area contributed by atoms with E-state index in [9.17, 15) is 4.79 Å². The van der Waals surface area contributed by atoms with Crippen molar-refractivity contribution in [3.05, 3.63) is 76.6 Å². The first-order chi connectivity index (χ1) is 15.3. The zero-order valence-corrected chi connectivity index (χ0v) is 20.4. The normalized spacial score (nSPS) is 12.5. The Labute approximate surface area is 198 Å². The van der Waals surface area contributed by atoms with Crippen LogP contribution in [0.2, 0.25) is 5.02 Å². The first-order valence-electron chi connectivity index (χ1n) is 10.4. The van der Waals surface area contributed by atoms with Gasteiger partial charge in [-0.15, -0.1) is 0 Å². The van der Waals surface area contributed by atoms with Crippen LogP contribution >= 0.6 is 23.5 Å². The molecule has 0 fully saturated rings. The van der Waals surface area contributed by atoms with Gasteiger partial charge in [-0.25, -0.2) is 0 Å². The number of aromatic nitrogens is 4. The fourth-order valence-electron chi connectivity index (χ4n) is 2.87. The molecular weight excluding hydrogens is 446 g/mol. The number of tetrazole rings is 1. The third-order valence-electron chi connectivity index (χ3n) is 4.80. The number of amides is 1. The summed E-state index contributed by atoms with van der Waals surface area (Å²) in [5.74, 6) is 1.17. The molecule has 7 nitrogen and oxygen atoms in total. The summed E-state index contributed by atoms with van der Waals surface area (Å²) in [6.45, 7) is 6.35. The van der Waals surface area contributed by atoms with Crippen molar-refractivity contribution in [3.63, 3.8) is 0 Å². The molecule has 0 aliphatic carbocycles. The minimum atomic E-state index is -0.537. The molecule has 1 atom stereocenters. The van der Waals surface area contributed by atoms with Gasteiger partial charge in [0.15, 0.2) is 5.21 Å². The highest BCUT2D eigenvalue weighted by atomic mass is 35.5. The second-order valence-corrected chi connectivity index (χ2v) is 9.75. The van der Waals surface area contributed by atoms with Gasteiger partial charge in [0, 0.05) is 32.3 Å². The van der Waals surface area contributed by atoms with E-state index in [1.807, 2.05) is 87.1 Å². The molecule has 0 saturated heterocycles. The molecule has 2 aromatic carbocycles. The smallest absolute Gasteiger partial charge is 0.326 e. The van der Waals surface area contributed by atoms with E-state index in [4.69, 9.17) is 16.3 Å². The van der Waals surface area contributed by atoms with Crippen molar-refractivity contribution < 1.29 is 14.2 Å². The number of ether oxygens (including phenoxy) is 1. The molecule has 0 spiro atoms. The molecule has 1 heterocycles. The molecule has 1 N–H and O–H groups in total. The number of hydrogen-bond acceptors (Lipinski definition) is 5. The predicted molar refractivity (Wildman–Crippen MR) is 126 cm³/mol. The molecule has 0 saturated carbocycles. The number of carbonyl (C=O) groups excluding carboxylic acids is 1. The molecule has 0 aliphatic heterocycles. The minimum absolute atomic E-state index is 0.0796. The lowest BCUT2D eigenvalue weighted by Gasteiger charge is -2.22. The Kier molecular flexibility index (Phi) is 8.28. The van der Waals surface area contributed by atoms with Crippen LogP contribution in [0.1, 0.15) is 43.8 Å². The van der Waals surface area contributed by atoms with Crippen molar-refractivity contribution >= 4 is 29.5 Å². The topological polar surface area (TPSA) is 72.9 Å². The number of rotatable bonds is 9. The summed E-state index contributed by atoms with van der Waals surface area (Å²) in [4.78, 5) is 12.7. The van der Waals surface area contributed by atoms with Crippen molar-refractivity contribution in [2.24, 2.45) is 12.5 Å². The number of halogens is 1. The summed E-state index contributed by atoms with van der Waals surface area (Å²) in [7, 11) is 1.86. The van der Waals surface area contributed by atoms with Crippen LogP contribution in [0.25, 0.3) is 0 Å². The molecule has 0 unspecified atom stereocenters. The van der Waals surface area contributed by atoms with E-state index < -0.39 is 11.5 Å². The van der Waals surface area contributed by atoms with Crippen molar-refractivity contribution in [3.8, 4) is 0 Å². The highest BCUT2D eigenvalue weighted by Crippen LogP contribution is 2.21. The third kappa shape index (κ3) is 6.54. The first kappa shape index (κ1) is 24.2. The predicted octanol–water partition coefficient (Wildman–Crippen LogP) is 3.87. The zero-order chi connectivity index (χ0) is 23.1. The van der Waals surface area contributed by atoms with E-state index in [2.05, 4.69) is 15.6 Å². The Morgan fingerprint density at radius 2 is 1.88 bits per heavy atom. The molecule has 0 aliphatic rings. The van der Waals surface area contributed by atoms with E-state index in [1.54, 1.807) is 4.20 Å². The molecule has 1 aromatic heterocycles. The summed E-state index contributed by atoms with van der Waals surface area (Å²) in [6, 6.07) is 17.2. The largest absolute Gasteiger partial charge is 0.374 e. The second-order valence-electron chi connectivity index (χ2n) is 8.47. The van der Waals surface area contributed by atoms with Gasteiger partial charge in [0.05, 0.1) is 20.3 Å². The second kappa shape index (κ2) is 10.9. The van der Waals surface area contributed by atoms with Gasteiger partial charge in [0.2, 0.25) is 5.91 Å². The van der Waals surface area contributed by atoms with Crippen molar-refractivity contribution in [1.29, 1.82) is 0 Å². The van der Waals surface area contributed by atoms with E-state index in [0.29, 0.717) is 23.2 Å². The van der Waals surface area contributed by atoms with Crippen molar-refractivity contribution in [2.75, 3.05) is 6.61 Å². The molecule has 170 valence electrons. The lowest BCUT2D eigenvalue weighted by Crippen LogP contribution is -2.47. The van der Waals surface area contributed by atoms with Gasteiger partial charge < -0.3 is 10.1 Å². The van der Waals surface area contributed by atoms with Crippen LogP contribution in [0.15, 0.2) is 54.6 Å². The average Bonchev–Trinajstić information content (AvgIpc) is 3.12. The monoisotopic (exact) mass is 474 g/mol. The summed E-state index contributed by atoms with van der Waals surface area (Å²) in [5.41, 5.74) is 1.54. The van der Waals surface area contributed by atoms with Crippen LogP contribution < -0.4 is 10.00 Å². The molecule has 0 bridgehead atoms. The minimum Gasteiger partial charge on any atom is -0.374 e. The number of nitrogens with zero attached hydrogens (tertiary/aromatic N) is 4. The van der Waals surface area contributed by atoms with Gasteiger partial charge >= 0.3 is 5.82 Å². The maximum absolute atomic E-state index is 12.7. The van der Waals surface area contributed by atoms with Gasteiger partial charge in [0.1, 0.15) is 11.1 Å². The lowest BCUT2D eigenvalue weighted by atomic mass is 9.95. The van der Waals surface area contributed by atoms with Crippen molar-refractivity contribution in [2.45, 2.75) is 39.2 Å². The van der Waals surface area contributed by atoms with Crippen LogP contribution in [0, 0.1) is 5.41 Å². The molecule has 3 rings (SSSR count). The third-order valence-corrected chi connectivity index (χ3v) is 6.16. The number of carbonyl (C=O) groups is 1. The fraction of sp³-hybridized carbons (Fsp3) is 0.391. The van der Waals surface area contributed by atoms with Crippen LogP contribution in [-0.2, 0) is 28.9 Å². The standard InChI is InChI=1S/C23H28ClN5O2S/c1-23(2,3)22(30)25-20(15-31-14-17-10-6-5-7-11-17)21-26-27-29(28(21)4)32-16-18-12-8-9-13-19(18)24/h5-13,20H,14-16H2,1-4H3/p+1/t20-/m1/s1. The lowest BCUT2D eigenvalue weighted by molar-refractivity contribution is -0.748. The quantitative estimate of drug-likeness (QED) is 0.476. The van der Waals surface area contributed by atoms with Gasteiger partial charge in [-0.05, 0) is 17.2 Å². The highest BCUT2D eigenvalue weighted by molar-refractivity contribution is 7.96. The Balaban J connectivity index is 1.72. The maximum Gasteiger partial charge on any atom is 0.326 e.